The summed E-state index contributed by atoms with van der Waals surface area (Å²) < 4.78 is 0. The third-order valence-electron chi connectivity index (χ3n) is 4.25. The predicted octanol–water partition coefficient (Wildman–Crippen LogP) is 2.92. The third-order valence-corrected chi connectivity index (χ3v) is 5.24. The van der Waals surface area contributed by atoms with Crippen molar-refractivity contribution in [2.45, 2.75) is 44.7 Å². The SMILES string of the molecule is CCC(C1CC1)N1CCc2sccc2C1C(=O)O. The van der Waals surface area contributed by atoms with E-state index in [0.29, 0.717) is 6.04 Å². The van der Waals surface area contributed by atoms with Crippen LogP contribution in [0.1, 0.15) is 42.7 Å². The van der Waals surface area contributed by atoms with Gasteiger partial charge in [-0.05, 0) is 48.6 Å². The Labute approximate surface area is 111 Å². The lowest BCUT2D eigenvalue weighted by atomic mass is 9.95. The number of carbonyl (C=O) groups is 1. The first kappa shape index (κ1) is 12.2. The van der Waals surface area contributed by atoms with E-state index in [1.807, 2.05) is 11.4 Å². The average Bonchev–Trinajstić information content (AvgIpc) is 3.06. The Kier molecular flexibility index (Phi) is 3.16. The normalized spacial score (nSPS) is 25.7. The largest absolute Gasteiger partial charge is 0.480 e. The van der Waals surface area contributed by atoms with Gasteiger partial charge in [-0.1, -0.05) is 6.92 Å². The molecule has 2 aliphatic rings. The molecule has 98 valence electrons. The summed E-state index contributed by atoms with van der Waals surface area (Å²) in [6, 6.07) is 2.05. The van der Waals surface area contributed by atoms with Crippen molar-refractivity contribution >= 4 is 17.3 Å². The van der Waals surface area contributed by atoms with Gasteiger partial charge >= 0.3 is 5.97 Å². The van der Waals surface area contributed by atoms with Crippen LogP contribution in [0.2, 0.25) is 0 Å². The Bertz CT molecular complexity index is 452. The number of thiophene rings is 1. The Morgan fingerprint density at radius 3 is 3.00 bits per heavy atom. The van der Waals surface area contributed by atoms with Crippen LogP contribution in [0.3, 0.4) is 0 Å². The van der Waals surface area contributed by atoms with Crippen LogP contribution in [-0.4, -0.2) is 28.6 Å². The molecule has 0 spiro atoms. The van der Waals surface area contributed by atoms with Crippen LogP contribution in [-0.2, 0) is 11.2 Å². The smallest absolute Gasteiger partial charge is 0.325 e. The fourth-order valence-corrected chi connectivity index (χ4v) is 4.19. The molecule has 0 bridgehead atoms. The zero-order valence-corrected chi connectivity index (χ0v) is 11.4. The Morgan fingerprint density at radius 2 is 2.39 bits per heavy atom. The molecule has 2 heterocycles. The lowest BCUT2D eigenvalue weighted by Crippen LogP contribution is -2.46. The molecule has 0 saturated heterocycles. The molecule has 0 radical (unpaired) electrons. The molecule has 1 N–H and O–H groups in total. The van der Waals surface area contributed by atoms with Gasteiger partial charge in [0.2, 0.25) is 0 Å². The molecule has 3 nitrogen and oxygen atoms in total. The molecule has 1 aromatic heterocycles. The lowest BCUT2D eigenvalue weighted by molar-refractivity contribution is -0.145. The van der Waals surface area contributed by atoms with E-state index in [0.717, 1.165) is 30.9 Å². The summed E-state index contributed by atoms with van der Waals surface area (Å²) in [7, 11) is 0. The number of carboxylic acids is 1. The maximum atomic E-state index is 11.7. The minimum Gasteiger partial charge on any atom is -0.480 e. The van der Waals surface area contributed by atoms with Gasteiger partial charge in [0.25, 0.3) is 0 Å². The van der Waals surface area contributed by atoms with Crippen molar-refractivity contribution < 1.29 is 9.90 Å². The highest BCUT2D eigenvalue weighted by Gasteiger charge is 2.42. The summed E-state index contributed by atoms with van der Waals surface area (Å²) in [5.41, 5.74) is 1.04. The number of rotatable bonds is 4. The fraction of sp³-hybridized carbons (Fsp3) is 0.643. The Morgan fingerprint density at radius 1 is 1.61 bits per heavy atom. The van der Waals surface area contributed by atoms with E-state index in [-0.39, 0.29) is 0 Å². The van der Waals surface area contributed by atoms with Crippen molar-refractivity contribution in [1.82, 2.24) is 4.90 Å². The van der Waals surface area contributed by atoms with Gasteiger partial charge in [0.05, 0.1) is 0 Å². The minimum absolute atomic E-state index is 0.412. The summed E-state index contributed by atoms with van der Waals surface area (Å²) in [4.78, 5) is 15.2. The van der Waals surface area contributed by atoms with Gasteiger partial charge in [0.15, 0.2) is 0 Å². The van der Waals surface area contributed by atoms with Gasteiger partial charge in [-0.15, -0.1) is 11.3 Å². The van der Waals surface area contributed by atoms with Gasteiger partial charge in [-0.3, -0.25) is 9.69 Å². The van der Waals surface area contributed by atoms with E-state index >= 15 is 0 Å². The molecule has 18 heavy (non-hydrogen) atoms. The number of fused-ring (bicyclic) bond motifs is 1. The minimum atomic E-state index is -0.687. The Hall–Kier alpha value is -0.870. The molecule has 3 rings (SSSR count). The summed E-state index contributed by atoms with van der Waals surface area (Å²) in [6.45, 7) is 3.09. The number of hydrogen-bond donors (Lipinski definition) is 1. The van der Waals surface area contributed by atoms with E-state index in [2.05, 4.69) is 11.8 Å². The molecule has 2 unspecified atom stereocenters. The topological polar surface area (TPSA) is 40.5 Å². The van der Waals surface area contributed by atoms with Gasteiger partial charge in [-0.2, -0.15) is 0 Å². The molecular formula is C14H19NO2S. The van der Waals surface area contributed by atoms with Crippen molar-refractivity contribution in [2.24, 2.45) is 5.92 Å². The van der Waals surface area contributed by atoms with E-state index in [1.54, 1.807) is 11.3 Å². The highest BCUT2D eigenvalue weighted by molar-refractivity contribution is 7.10. The molecule has 1 saturated carbocycles. The fourth-order valence-electron chi connectivity index (χ4n) is 3.29. The van der Waals surface area contributed by atoms with Crippen molar-refractivity contribution in [1.29, 1.82) is 0 Å². The summed E-state index contributed by atoms with van der Waals surface area (Å²) in [5.74, 6) is 0.0467. The zero-order chi connectivity index (χ0) is 12.7. The second kappa shape index (κ2) is 4.67. The first-order valence-electron chi connectivity index (χ1n) is 6.77. The van der Waals surface area contributed by atoms with Crippen LogP contribution in [0.15, 0.2) is 11.4 Å². The molecule has 0 amide bonds. The quantitative estimate of drug-likeness (QED) is 0.910. The monoisotopic (exact) mass is 265 g/mol. The van der Waals surface area contributed by atoms with Gasteiger partial charge in [0, 0.05) is 17.5 Å². The highest BCUT2D eigenvalue weighted by Crippen LogP contribution is 2.42. The third kappa shape index (κ3) is 1.97. The van der Waals surface area contributed by atoms with E-state index in [4.69, 9.17) is 0 Å². The maximum absolute atomic E-state index is 11.7. The molecule has 0 aromatic carbocycles. The number of aliphatic carboxylic acids is 1. The van der Waals surface area contributed by atoms with Crippen LogP contribution >= 0.6 is 11.3 Å². The van der Waals surface area contributed by atoms with E-state index < -0.39 is 12.0 Å². The van der Waals surface area contributed by atoms with Crippen LogP contribution in [0, 0.1) is 5.92 Å². The van der Waals surface area contributed by atoms with Crippen LogP contribution in [0.5, 0.6) is 0 Å². The van der Waals surface area contributed by atoms with Gasteiger partial charge in [0.1, 0.15) is 6.04 Å². The van der Waals surface area contributed by atoms with Crippen LogP contribution < -0.4 is 0 Å². The molecule has 1 aliphatic carbocycles. The second-order valence-corrected chi connectivity index (χ2v) is 6.34. The standard InChI is InChI=1S/C14H19NO2S/c1-2-11(9-3-4-9)15-7-5-12-10(6-8-18-12)13(15)14(16)17/h6,8-9,11,13H,2-5,7H2,1H3,(H,16,17). The average molecular weight is 265 g/mol. The number of carboxylic acid groups (broad SMARTS) is 1. The summed E-state index contributed by atoms with van der Waals surface area (Å²) in [5, 5.41) is 11.6. The molecule has 1 fully saturated rings. The maximum Gasteiger partial charge on any atom is 0.325 e. The Balaban J connectivity index is 1.92. The number of nitrogens with zero attached hydrogens (tertiary/aromatic N) is 1. The molecule has 2 atom stereocenters. The first-order valence-corrected chi connectivity index (χ1v) is 7.65. The summed E-state index contributed by atoms with van der Waals surface area (Å²) >= 11 is 1.70. The second-order valence-electron chi connectivity index (χ2n) is 5.34. The van der Waals surface area contributed by atoms with E-state index in [1.165, 1.54) is 17.7 Å². The van der Waals surface area contributed by atoms with Gasteiger partial charge in [-0.25, -0.2) is 0 Å². The van der Waals surface area contributed by atoms with Crippen LogP contribution in [0.25, 0.3) is 0 Å². The highest BCUT2D eigenvalue weighted by atomic mass is 32.1. The first-order chi connectivity index (χ1) is 8.72. The molecule has 4 heteroatoms. The van der Waals surface area contributed by atoms with Gasteiger partial charge < -0.3 is 5.11 Å². The van der Waals surface area contributed by atoms with Crippen molar-refractivity contribution in [3.05, 3.63) is 21.9 Å². The van der Waals surface area contributed by atoms with Crippen molar-refractivity contribution in [2.75, 3.05) is 6.54 Å². The van der Waals surface area contributed by atoms with Crippen molar-refractivity contribution in [3.8, 4) is 0 Å². The zero-order valence-electron chi connectivity index (χ0n) is 10.6. The molecule has 1 aromatic rings. The van der Waals surface area contributed by atoms with Crippen LogP contribution in [0.4, 0.5) is 0 Å². The van der Waals surface area contributed by atoms with E-state index in [9.17, 15) is 9.90 Å². The van der Waals surface area contributed by atoms with Crippen molar-refractivity contribution in [3.63, 3.8) is 0 Å². The molecular weight excluding hydrogens is 246 g/mol. The lowest BCUT2D eigenvalue weighted by Gasteiger charge is -2.39. The predicted molar refractivity (Wildman–Crippen MR) is 71.9 cm³/mol. The summed E-state index contributed by atoms with van der Waals surface area (Å²) in [6.07, 6.45) is 4.63. The number of hydrogen-bond acceptors (Lipinski definition) is 3. The molecule has 1 aliphatic heterocycles.